The zero-order valence-electron chi connectivity index (χ0n) is 14.6. The van der Waals surface area contributed by atoms with Crippen LogP contribution in [0.5, 0.6) is 5.75 Å². The summed E-state index contributed by atoms with van der Waals surface area (Å²) in [5.74, 6) is 0.657. The van der Waals surface area contributed by atoms with Gasteiger partial charge >= 0.3 is 0 Å². The van der Waals surface area contributed by atoms with Crippen LogP contribution in [0.4, 0.5) is 0 Å². The van der Waals surface area contributed by atoms with E-state index in [4.69, 9.17) is 40.2 Å². The van der Waals surface area contributed by atoms with Crippen LogP contribution >= 0.6 is 47.2 Å². The molecule has 0 N–H and O–H groups in total. The van der Waals surface area contributed by atoms with Gasteiger partial charge in [0, 0.05) is 22.2 Å². The molecule has 7 heteroatoms. The summed E-state index contributed by atoms with van der Waals surface area (Å²) >= 11 is 18.7. The van der Waals surface area contributed by atoms with Gasteiger partial charge in [-0.2, -0.15) is 0 Å². The molecule has 0 aromatic heterocycles. The highest BCUT2D eigenvalue weighted by atomic mass is 35.5. The Morgan fingerprint density at radius 2 is 2.04 bits per heavy atom. The minimum Gasteiger partial charge on any atom is -0.489 e. The lowest BCUT2D eigenvalue weighted by Crippen LogP contribution is -2.28. The Balaban J connectivity index is 1.72. The molecule has 27 heavy (non-hydrogen) atoms. The van der Waals surface area contributed by atoms with Gasteiger partial charge in [-0.25, -0.2) is 0 Å². The molecular weight excluding hydrogens is 421 g/mol. The molecule has 2 aromatic rings. The van der Waals surface area contributed by atoms with Crippen molar-refractivity contribution >= 4 is 63.5 Å². The van der Waals surface area contributed by atoms with E-state index in [0.717, 1.165) is 17.5 Å². The number of rotatable bonds is 6. The molecule has 0 saturated carbocycles. The quantitative estimate of drug-likeness (QED) is 0.398. The van der Waals surface area contributed by atoms with Crippen molar-refractivity contribution in [3.8, 4) is 5.75 Å². The van der Waals surface area contributed by atoms with Gasteiger partial charge in [0.05, 0.1) is 4.91 Å². The second-order valence-electron chi connectivity index (χ2n) is 5.93. The van der Waals surface area contributed by atoms with Crippen molar-refractivity contribution < 1.29 is 9.53 Å². The number of thiocarbonyl (C=S) groups is 1. The van der Waals surface area contributed by atoms with E-state index in [9.17, 15) is 4.79 Å². The van der Waals surface area contributed by atoms with Crippen LogP contribution in [-0.4, -0.2) is 21.7 Å². The van der Waals surface area contributed by atoms with Crippen LogP contribution in [0.3, 0.4) is 0 Å². The molecule has 0 spiro atoms. The van der Waals surface area contributed by atoms with E-state index in [1.807, 2.05) is 43.3 Å². The number of ether oxygens (including phenoxy) is 1. The fourth-order valence-corrected chi connectivity index (χ4v) is 4.33. The third-order valence-corrected chi connectivity index (χ3v) is 5.85. The summed E-state index contributed by atoms with van der Waals surface area (Å²) in [7, 11) is 0. The first kappa shape index (κ1) is 20.2. The number of carbonyl (C=O) groups is 1. The second-order valence-corrected chi connectivity index (χ2v) is 8.45. The SMILES string of the molecule is CCCN1C(=O)/C(=C/c2cccc(OCc3ccc(Cl)cc3Cl)c2)SC1=S. The van der Waals surface area contributed by atoms with Crippen LogP contribution in [-0.2, 0) is 11.4 Å². The van der Waals surface area contributed by atoms with E-state index in [0.29, 0.717) is 38.2 Å². The molecule has 1 amide bonds. The number of thioether (sulfide) groups is 1. The van der Waals surface area contributed by atoms with Crippen molar-refractivity contribution in [3.05, 3.63) is 68.5 Å². The van der Waals surface area contributed by atoms with Crippen LogP contribution in [0, 0.1) is 0 Å². The number of hydrogen-bond acceptors (Lipinski definition) is 4. The Morgan fingerprint density at radius 1 is 1.22 bits per heavy atom. The molecule has 1 heterocycles. The highest BCUT2D eigenvalue weighted by Gasteiger charge is 2.31. The molecule has 2 aromatic carbocycles. The zero-order chi connectivity index (χ0) is 19.4. The molecule has 3 rings (SSSR count). The van der Waals surface area contributed by atoms with Gasteiger partial charge in [0.25, 0.3) is 5.91 Å². The molecule has 1 aliphatic heterocycles. The molecule has 140 valence electrons. The minimum atomic E-state index is -0.0360. The third kappa shape index (κ3) is 5.05. The fourth-order valence-electron chi connectivity index (χ4n) is 2.56. The van der Waals surface area contributed by atoms with Crippen molar-refractivity contribution in [3.63, 3.8) is 0 Å². The highest BCUT2D eigenvalue weighted by molar-refractivity contribution is 8.26. The van der Waals surface area contributed by atoms with Crippen LogP contribution in [0.25, 0.3) is 6.08 Å². The largest absolute Gasteiger partial charge is 0.489 e. The molecule has 1 saturated heterocycles. The Labute approximate surface area is 178 Å². The van der Waals surface area contributed by atoms with Crippen molar-refractivity contribution in [2.24, 2.45) is 0 Å². The van der Waals surface area contributed by atoms with Gasteiger partial charge in [0.1, 0.15) is 16.7 Å². The normalized spacial score (nSPS) is 15.7. The lowest BCUT2D eigenvalue weighted by molar-refractivity contribution is -0.122. The number of halogens is 2. The van der Waals surface area contributed by atoms with Gasteiger partial charge < -0.3 is 4.74 Å². The van der Waals surface area contributed by atoms with Crippen LogP contribution in [0.2, 0.25) is 10.0 Å². The molecule has 1 fully saturated rings. The maximum absolute atomic E-state index is 12.5. The molecule has 0 bridgehead atoms. The molecule has 0 atom stereocenters. The maximum atomic E-state index is 12.5. The van der Waals surface area contributed by atoms with Crippen LogP contribution in [0.1, 0.15) is 24.5 Å². The molecule has 0 aliphatic carbocycles. The van der Waals surface area contributed by atoms with Crippen molar-refractivity contribution in [2.45, 2.75) is 20.0 Å². The van der Waals surface area contributed by atoms with Gasteiger partial charge in [-0.05, 0) is 42.3 Å². The minimum absolute atomic E-state index is 0.0360. The summed E-state index contributed by atoms with van der Waals surface area (Å²) in [5.41, 5.74) is 1.73. The summed E-state index contributed by atoms with van der Waals surface area (Å²) in [4.78, 5) is 14.7. The Kier molecular flexibility index (Phi) is 6.82. The zero-order valence-corrected chi connectivity index (χ0v) is 17.7. The maximum Gasteiger partial charge on any atom is 0.266 e. The van der Waals surface area contributed by atoms with E-state index in [2.05, 4.69) is 0 Å². The average Bonchev–Trinajstić information content (AvgIpc) is 2.89. The van der Waals surface area contributed by atoms with Crippen molar-refractivity contribution in [2.75, 3.05) is 6.54 Å². The second kappa shape index (κ2) is 9.11. The van der Waals surface area contributed by atoms with Gasteiger partial charge in [0.2, 0.25) is 0 Å². The summed E-state index contributed by atoms with van der Waals surface area (Å²) in [5, 5.41) is 1.16. The van der Waals surface area contributed by atoms with Gasteiger partial charge in [-0.3, -0.25) is 9.69 Å². The first-order valence-corrected chi connectivity index (χ1v) is 10.4. The van der Waals surface area contributed by atoms with Gasteiger partial charge in [-0.1, -0.05) is 72.3 Å². The number of amides is 1. The van der Waals surface area contributed by atoms with E-state index in [1.165, 1.54) is 11.8 Å². The summed E-state index contributed by atoms with van der Waals surface area (Å²) in [6, 6.07) is 12.9. The predicted molar refractivity (Wildman–Crippen MR) is 117 cm³/mol. The summed E-state index contributed by atoms with van der Waals surface area (Å²) in [6.07, 6.45) is 2.72. The summed E-state index contributed by atoms with van der Waals surface area (Å²) in [6.45, 7) is 3.00. The number of benzene rings is 2. The van der Waals surface area contributed by atoms with Crippen LogP contribution in [0.15, 0.2) is 47.4 Å². The van der Waals surface area contributed by atoms with Crippen LogP contribution < -0.4 is 4.74 Å². The van der Waals surface area contributed by atoms with Crippen molar-refractivity contribution in [1.82, 2.24) is 4.90 Å². The standard InChI is InChI=1S/C20H17Cl2NO2S2/c1-2-8-23-19(24)18(27-20(23)26)10-13-4-3-5-16(9-13)25-12-14-6-7-15(21)11-17(14)22/h3-7,9-11H,2,8,12H2,1H3/b18-10-. The Hall–Kier alpha value is -1.53. The van der Waals surface area contributed by atoms with E-state index < -0.39 is 0 Å². The first-order valence-electron chi connectivity index (χ1n) is 8.40. The smallest absolute Gasteiger partial charge is 0.266 e. The molecule has 0 unspecified atom stereocenters. The molecule has 0 radical (unpaired) electrons. The lowest BCUT2D eigenvalue weighted by atomic mass is 10.2. The lowest BCUT2D eigenvalue weighted by Gasteiger charge is -2.12. The summed E-state index contributed by atoms with van der Waals surface area (Å²) < 4.78 is 6.45. The number of nitrogens with zero attached hydrogens (tertiary/aromatic N) is 1. The first-order chi connectivity index (χ1) is 13.0. The predicted octanol–water partition coefficient (Wildman–Crippen LogP) is 6.18. The fraction of sp³-hybridized carbons (Fsp3) is 0.200. The topological polar surface area (TPSA) is 29.5 Å². The Morgan fingerprint density at radius 3 is 2.78 bits per heavy atom. The monoisotopic (exact) mass is 437 g/mol. The van der Waals surface area contributed by atoms with E-state index >= 15 is 0 Å². The van der Waals surface area contributed by atoms with Gasteiger partial charge in [0.15, 0.2) is 0 Å². The van der Waals surface area contributed by atoms with E-state index in [1.54, 1.807) is 17.0 Å². The third-order valence-electron chi connectivity index (χ3n) is 3.89. The highest BCUT2D eigenvalue weighted by Crippen LogP contribution is 2.33. The Bertz CT molecular complexity index is 915. The molecular formula is C20H17Cl2NO2S2. The van der Waals surface area contributed by atoms with Crippen molar-refractivity contribution in [1.29, 1.82) is 0 Å². The number of carbonyl (C=O) groups excluding carboxylic acids is 1. The van der Waals surface area contributed by atoms with Gasteiger partial charge in [-0.15, -0.1) is 0 Å². The van der Waals surface area contributed by atoms with E-state index in [-0.39, 0.29) is 5.91 Å². The molecule has 1 aliphatic rings. The number of hydrogen-bond donors (Lipinski definition) is 0. The molecule has 3 nitrogen and oxygen atoms in total. The average molecular weight is 438 g/mol.